The summed E-state index contributed by atoms with van der Waals surface area (Å²) >= 11 is 0. The van der Waals surface area contributed by atoms with Crippen molar-refractivity contribution in [3.8, 4) is 11.5 Å². The summed E-state index contributed by atoms with van der Waals surface area (Å²) in [5, 5.41) is 16.2. The normalized spacial score (nSPS) is 15.0. The van der Waals surface area contributed by atoms with E-state index in [1.54, 1.807) is 86.3 Å². The highest BCUT2D eigenvalue weighted by molar-refractivity contribution is 7.53. The lowest BCUT2D eigenvalue weighted by atomic mass is 9.72. The van der Waals surface area contributed by atoms with Gasteiger partial charge in [0.25, 0.3) is 0 Å². The summed E-state index contributed by atoms with van der Waals surface area (Å²) in [6.45, 7) is 9.86. The zero-order chi connectivity index (χ0) is 89.5. The van der Waals surface area contributed by atoms with Crippen molar-refractivity contribution in [3.63, 3.8) is 0 Å². The molecule has 0 aliphatic carbocycles. The number of amides is 6. The van der Waals surface area contributed by atoms with Crippen molar-refractivity contribution in [2.75, 3.05) is 52.4 Å². The van der Waals surface area contributed by atoms with Gasteiger partial charge in [-0.25, -0.2) is 33.3 Å². The van der Waals surface area contributed by atoms with Gasteiger partial charge < -0.3 is 62.8 Å². The number of nitrogens with one attached hydrogen (secondary N) is 1. The first-order chi connectivity index (χ1) is 61.0. The number of rotatable bonds is 21. The molecule has 0 radical (unpaired) electrons. The Kier molecular flexibility index (Phi) is 34.7. The number of ether oxygens (including phenoxy) is 5. The molecule has 4 aliphatic heterocycles. The number of likely N-dealkylation sites (tertiary alicyclic amines) is 4. The Labute approximate surface area is 731 Å². The molecule has 30 heteroatoms. The maximum absolute atomic E-state index is 12.6. The molecular weight excluding hydrogens is 1620 g/mol. The van der Waals surface area contributed by atoms with E-state index in [1.165, 1.54) is 0 Å². The van der Waals surface area contributed by atoms with Crippen LogP contribution in [0.15, 0.2) is 318 Å². The third-order valence-electron chi connectivity index (χ3n) is 21.6. The lowest BCUT2D eigenvalue weighted by Crippen LogP contribution is -2.54. The Morgan fingerprint density at radius 2 is 0.690 bits per heavy atom. The van der Waals surface area contributed by atoms with Crippen molar-refractivity contribution >= 4 is 56.2 Å². The molecule has 4 heterocycles. The number of aliphatic carboxylic acids is 1. The quantitative estimate of drug-likeness (QED) is 0.0128. The van der Waals surface area contributed by atoms with Gasteiger partial charge in [0, 0.05) is 67.1 Å². The van der Waals surface area contributed by atoms with E-state index >= 15 is 0 Å². The van der Waals surface area contributed by atoms with Crippen LogP contribution >= 0.6 is 7.75 Å². The molecule has 0 atom stereocenters. The van der Waals surface area contributed by atoms with Crippen LogP contribution in [-0.4, -0.2) is 131 Å². The standard InChI is InChI=1S/C24H30N2O4.C20H20N4O3.C20H20N2O3.C20H21NO4.C12H10N3O3P/c1-23(2,3)30-21(27)25-24(20-12-8-5-9-13-20)14-16-26(17-15-24)22(28)29-18-19-10-6-4-7-11-19;21-23-22-18(25)20(17-9-5-2-6-10-17)11-13-24(14-12-20)19(26)27-15-16-7-3-1-4-8-16;23-16-21-20(18-9-5-2-6-10-18)11-13-22(14-12-20)19(24)25-15-17-7-3-1-4-8-17;22-18(23)20(17-9-5-2-6-10-17)11-13-21(14-12-20)19(24)25-15-16-7-3-1-4-8-16;13-14-15-19(16,17-11-7-3-1-4-8-11)18-12-9-5-2-6-10-12/h4-13H,14-18H2,1-3H3,(H,25,27);1-10H,11-15H2;1-10H,11-15H2;1-10H,11-15H2,(H,22,23);1-10H. The Bertz CT molecular complexity index is 5160. The summed E-state index contributed by atoms with van der Waals surface area (Å²) in [6, 6.07) is 93.0. The van der Waals surface area contributed by atoms with Crippen molar-refractivity contribution in [2.45, 2.75) is 126 Å². The van der Waals surface area contributed by atoms with Crippen LogP contribution in [-0.2, 0) is 91.0 Å². The number of isocyanates is 1. The molecule has 126 heavy (non-hydrogen) atoms. The van der Waals surface area contributed by atoms with Crippen molar-refractivity contribution in [1.29, 1.82) is 0 Å². The number of nitrogens with zero attached hydrogens (tertiary/aromatic N) is 11. The fraction of sp³-hybridized carbons (Fsp3) is 0.292. The largest absolute Gasteiger partial charge is 0.525 e. The smallest absolute Gasteiger partial charge is 0.481 e. The number of carboxylic acids is 1. The maximum Gasteiger partial charge on any atom is 0.525 e. The highest BCUT2D eigenvalue weighted by Crippen LogP contribution is 2.50. The molecule has 0 bridgehead atoms. The second kappa shape index (κ2) is 46.7. The number of benzene rings is 10. The number of carboxylic acid groups (broad SMARTS) is 1. The van der Waals surface area contributed by atoms with E-state index in [9.17, 15) is 48.0 Å². The summed E-state index contributed by atoms with van der Waals surface area (Å²) in [5.74, 6) is -0.743. The van der Waals surface area contributed by atoms with Crippen molar-refractivity contribution in [2.24, 2.45) is 15.0 Å². The zero-order valence-corrected chi connectivity index (χ0v) is 71.2. The summed E-state index contributed by atoms with van der Waals surface area (Å²) in [4.78, 5) is 116. The molecule has 0 spiro atoms. The Morgan fingerprint density at radius 1 is 0.405 bits per heavy atom. The van der Waals surface area contributed by atoms with E-state index in [0.29, 0.717) is 115 Å². The molecule has 10 aromatic carbocycles. The van der Waals surface area contributed by atoms with Crippen LogP contribution in [0.4, 0.5) is 24.0 Å². The van der Waals surface area contributed by atoms with Crippen LogP contribution in [0.25, 0.3) is 20.9 Å². The molecule has 2 N–H and O–H groups in total. The van der Waals surface area contributed by atoms with E-state index in [0.717, 1.165) is 44.5 Å². The van der Waals surface area contributed by atoms with E-state index in [2.05, 4.69) is 30.1 Å². The minimum absolute atomic E-state index is 0.206. The molecule has 4 fully saturated rings. The van der Waals surface area contributed by atoms with Gasteiger partial charge in [0.2, 0.25) is 12.0 Å². The van der Waals surface area contributed by atoms with Crippen LogP contribution < -0.4 is 14.4 Å². The molecule has 4 aliphatic rings. The van der Waals surface area contributed by atoms with Crippen LogP contribution in [0.2, 0.25) is 0 Å². The van der Waals surface area contributed by atoms with Gasteiger partial charge in [-0.2, -0.15) is 4.99 Å². The Balaban J connectivity index is 0.000000165. The van der Waals surface area contributed by atoms with E-state index in [-0.39, 0.29) is 38.6 Å². The minimum Gasteiger partial charge on any atom is -0.481 e. The molecular formula is C96H101N12O17P. The average molecular weight is 1730 g/mol. The Hall–Kier alpha value is -14.5. The highest BCUT2D eigenvalue weighted by Gasteiger charge is 2.46. The fourth-order valence-electron chi connectivity index (χ4n) is 14.8. The summed E-state index contributed by atoms with van der Waals surface area (Å²) in [6.07, 6.45) is 3.63. The van der Waals surface area contributed by atoms with E-state index < -0.39 is 65.4 Å². The number of piperidine rings is 4. The summed E-state index contributed by atoms with van der Waals surface area (Å²) in [5.41, 5.74) is 20.9. The fourth-order valence-corrected chi connectivity index (χ4v) is 15.8. The molecule has 0 aromatic heterocycles. The number of azide groups is 2. The third kappa shape index (κ3) is 27.5. The zero-order valence-electron chi connectivity index (χ0n) is 70.4. The van der Waals surface area contributed by atoms with Gasteiger partial charge in [-0.15, -0.1) is 0 Å². The first-order valence-electron chi connectivity index (χ1n) is 41.1. The van der Waals surface area contributed by atoms with E-state index in [1.807, 2.05) is 263 Å². The monoisotopic (exact) mass is 1720 g/mol. The van der Waals surface area contributed by atoms with Crippen molar-refractivity contribution < 1.29 is 80.8 Å². The van der Waals surface area contributed by atoms with Gasteiger partial charge >= 0.3 is 44.2 Å². The van der Waals surface area contributed by atoms with Gasteiger partial charge in [-0.1, -0.05) is 279 Å². The number of carbonyl (C=O) groups is 7. The number of aliphatic imine (C=N–C) groups is 1. The lowest BCUT2D eigenvalue weighted by Gasteiger charge is -2.42. The number of hydrogen-bond acceptors (Lipinski definition) is 17. The van der Waals surface area contributed by atoms with Gasteiger partial charge in [0.15, 0.2) is 0 Å². The van der Waals surface area contributed by atoms with Gasteiger partial charge in [-0.3, -0.25) is 9.59 Å². The van der Waals surface area contributed by atoms with E-state index in [4.69, 9.17) is 43.8 Å². The number of para-hydroxylation sites is 2. The summed E-state index contributed by atoms with van der Waals surface area (Å²) < 4.78 is 49.7. The molecule has 652 valence electrons. The summed E-state index contributed by atoms with van der Waals surface area (Å²) in [7, 11) is -3.95. The topological polar surface area (TPSA) is 373 Å². The van der Waals surface area contributed by atoms with Gasteiger partial charge in [0.05, 0.1) is 16.4 Å². The lowest BCUT2D eigenvalue weighted by molar-refractivity contribution is -0.145. The van der Waals surface area contributed by atoms with Gasteiger partial charge in [0.1, 0.15) is 49.1 Å². The van der Waals surface area contributed by atoms with Crippen LogP contribution in [0.1, 0.15) is 117 Å². The number of hydrogen-bond donors (Lipinski definition) is 2. The van der Waals surface area contributed by atoms with Crippen LogP contribution in [0.5, 0.6) is 11.5 Å². The predicted molar refractivity (Wildman–Crippen MR) is 472 cm³/mol. The highest BCUT2D eigenvalue weighted by atomic mass is 31.2. The second-order valence-electron chi connectivity index (χ2n) is 30.9. The van der Waals surface area contributed by atoms with Crippen LogP contribution in [0, 0.1) is 0 Å². The first kappa shape index (κ1) is 93.8. The SMILES string of the molecule is CC(C)(C)OC(=O)NC1(c2ccccc2)CCN(C(=O)OCc2ccccc2)CC1.O=C(OCc1ccccc1)N1CCC(C(=O)O)(c2ccccc2)CC1.O=C=NC1(c2ccccc2)CCN(C(=O)OCc2ccccc2)CC1.[N-]=[N+]=NC(=O)C1(c2ccccc2)CCN(C(=O)OCc2ccccc2)CC1.[N-]=[N+]=NP(=O)(Oc1ccccc1)Oc1ccccc1. The van der Waals surface area contributed by atoms with Crippen molar-refractivity contribution in [3.05, 3.63) is 369 Å². The molecule has 10 aromatic rings. The number of carbonyl (C=O) groups excluding carboxylic acids is 7. The second-order valence-corrected chi connectivity index (χ2v) is 32.4. The Morgan fingerprint density at radius 3 is 1.00 bits per heavy atom. The van der Waals surface area contributed by atoms with Crippen LogP contribution in [0.3, 0.4) is 0 Å². The molecule has 14 rings (SSSR count). The molecule has 6 amide bonds. The first-order valence-corrected chi connectivity index (χ1v) is 42.6. The predicted octanol–water partition coefficient (Wildman–Crippen LogP) is 20.7. The maximum atomic E-state index is 12.6. The number of alkyl carbamates (subject to hydrolysis) is 1. The molecule has 0 saturated carbocycles. The minimum atomic E-state index is -3.95. The third-order valence-corrected chi connectivity index (χ3v) is 22.8. The average Bonchev–Trinajstić information content (AvgIpc) is 0.805. The molecule has 4 saturated heterocycles. The molecule has 29 nitrogen and oxygen atoms in total. The molecule has 0 unspecified atom stereocenters. The van der Waals surface area contributed by atoms with Gasteiger partial charge in [-0.05, 0) is 157 Å². The van der Waals surface area contributed by atoms with Crippen molar-refractivity contribution in [1.82, 2.24) is 24.9 Å².